The van der Waals surface area contributed by atoms with Crippen LogP contribution in [0.15, 0.2) is 18.3 Å². The Morgan fingerprint density at radius 2 is 2.38 bits per heavy atom. The van der Waals surface area contributed by atoms with Gasteiger partial charge in [0, 0.05) is 18.0 Å². The minimum Gasteiger partial charge on any atom is -0.399 e. The molecule has 4 heteroatoms. The number of nitrogens with zero attached hydrogens (tertiary/aromatic N) is 1. The number of carbonyl (C=O) groups excluding carboxylic acids is 1. The predicted octanol–water partition coefficient (Wildman–Crippen LogP) is 0.807. The van der Waals surface area contributed by atoms with Crippen molar-refractivity contribution >= 4 is 17.8 Å². The molecule has 0 saturated heterocycles. The van der Waals surface area contributed by atoms with Crippen LogP contribution in [0.4, 0.5) is 11.5 Å². The first-order chi connectivity index (χ1) is 6.24. The molecular formula is C9H11N3O. The lowest BCUT2D eigenvalue weighted by Crippen LogP contribution is -2.23. The molecule has 68 valence electrons. The van der Waals surface area contributed by atoms with E-state index < -0.39 is 0 Å². The SMILES string of the molecule is Nc1ccnc(NC2(C=O)CC2)c1. The van der Waals surface area contributed by atoms with Crippen LogP contribution in [0, 0.1) is 0 Å². The highest BCUT2D eigenvalue weighted by Crippen LogP contribution is 2.36. The Morgan fingerprint density at radius 3 is 2.92 bits per heavy atom. The van der Waals surface area contributed by atoms with E-state index >= 15 is 0 Å². The standard InChI is InChI=1S/C9H11N3O/c10-7-1-4-11-8(5-7)12-9(6-13)2-3-9/h1,4-6H,2-3H2,(H3,10,11,12). The van der Waals surface area contributed by atoms with Crippen molar-refractivity contribution in [2.45, 2.75) is 18.4 Å². The molecule has 13 heavy (non-hydrogen) atoms. The highest BCUT2D eigenvalue weighted by atomic mass is 16.1. The molecule has 1 saturated carbocycles. The lowest BCUT2D eigenvalue weighted by molar-refractivity contribution is -0.109. The predicted molar refractivity (Wildman–Crippen MR) is 50.3 cm³/mol. The molecule has 0 radical (unpaired) electrons. The number of hydrogen-bond acceptors (Lipinski definition) is 4. The van der Waals surface area contributed by atoms with Crippen molar-refractivity contribution in [3.05, 3.63) is 18.3 Å². The van der Waals surface area contributed by atoms with Gasteiger partial charge in [-0.25, -0.2) is 4.98 Å². The van der Waals surface area contributed by atoms with Crippen molar-refractivity contribution in [2.75, 3.05) is 11.1 Å². The van der Waals surface area contributed by atoms with Gasteiger partial charge >= 0.3 is 0 Å². The molecule has 1 aromatic heterocycles. The van der Waals surface area contributed by atoms with E-state index in [1.54, 1.807) is 18.3 Å². The van der Waals surface area contributed by atoms with E-state index in [2.05, 4.69) is 10.3 Å². The van der Waals surface area contributed by atoms with Gasteiger partial charge in [-0.2, -0.15) is 0 Å². The summed E-state index contributed by atoms with van der Waals surface area (Å²) < 4.78 is 0. The second kappa shape index (κ2) is 2.73. The highest BCUT2D eigenvalue weighted by Gasteiger charge is 2.42. The zero-order valence-corrected chi connectivity index (χ0v) is 7.16. The highest BCUT2D eigenvalue weighted by molar-refractivity contribution is 5.74. The van der Waals surface area contributed by atoms with E-state index in [4.69, 9.17) is 5.73 Å². The molecule has 0 spiro atoms. The molecule has 0 aromatic carbocycles. The molecule has 1 aliphatic rings. The van der Waals surface area contributed by atoms with E-state index in [-0.39, 0.29) is 5.54 Å². The summed E-state index contributed by atoms with van der Waals surface area (Å²) in [4.78, 5) is 14.7. The van der Waals surface area contributed by atoms with Gasteiger partial charge in [0.2, 0.25) is 0 Å². The maximum absolute atomic E-state index is 10.7. The van der Waals surface area contributed by atoms with Crippen molar-refractivity contribution in [1.29, 1.82) is 0 Å². The first-order valence-electron chi connectivity index (χ1n) is 4.20. The van der Waals surface area contributed by atoms with Crippen LogP contribution >= 0.6 is 0 Å². The van der Waals surface area contributed by atoms with Crippen LogP contribution in [-0.4, -0.2) is 16.8 Å². The fraction of sp³-hybridized carbons (Fsp3) is 0.333. The van der Waals surface area contributed by atoms with Crippen molar-refractivity contribution in [3.63, 3.8) is 0 Å². The summed E-state index contributed by atoms with van der Waals surface area (Å²) in [6.07, 6.45) is 4.33. The number of carbonyl (C=O) groups is 1. The average Bonchev–Trinajstić information content (AvgIpc) is 2.86. The minimum atomic E-state index is -0.360. The maximum atomic E-state index is 10.7. The number of aromatic nitrogens is 1. The van der Waals surface area contributed by atoms with Crippen molar-refractivity contribution in [1.82, 2.24) is 4.98 Å². The summed E-state index contributed by atoms with van der Waals surface area (Å²) in [5.41, 5.74) is 5.86. The molecule has 1 heterocycles. The van der Waals surface area contributed by atoms with Gasteiger partial charge in [0.05, 0.1) is 5.54 Å². The number of nitrogens with one attached hydrogen (secondary N) is 1. The van der Waals surface area contributed by atoms with Gasteiger partial charge in [-0.05, 0) is 18.9 Å². The molecule has 0 atom stereocenters. The third kappa shape index (κ3) is 1.61. The normalized spacial score (nSPS) is 17.8. The van der Waals surface area contributed by atoms with Crippen LogP contribution < -0.4 is 11.1 Å². The quantitative estimate of drug-likeness (QED) is 0.670. The summed E-state index contributed by atoms with van der Waals surface area (Å²) in [6, 6.07) is 3.44. The van der Waals surface area contributed by atoms with Crippen molar-refractivity contribution in [3.8, 4) is 0 Å². The Morgan fingerprint density at radius 1 is 1.62 bits per heavy atom. The molecule has 1 fully saturated rings. The molecule has 4 nitrogen and oxygen atoms in total. The molecule has 2 rings (SSSR count). The molecule has 1 aromatic rings. The first kappa shape index (κ1) is 8.04. The van der Waals surface area contributed by atoms with Crippen LogP contribution in [-0.2, 0) is 4.79 Å². The van der Waals surface area contributed by atoms with E-state index in [1.807, 2.05) is 0 Å². The lowest BCUT2D eigenvalue weighted by atomic mass is 10.3. The first-order valence-corrected chi connectivity index (χ1v) is 4.20. The zero-order chi connectivity index (χ0) is 9.31. The van der Waals surface area contributed by atoms with E-state index in [0.717, 1.165) is 19.1 Å². The average molecular weight is 177 g/mol. The smallest absolute Gasteiger partial charge is 0.145 e. The number of pyridine rings is 1. The number of nitrogen functional groups attached to an aromatic ring is 1. The van der Waals surface area contributed by atoms with Gasteiger partial charge in [0.15, 0.2) is 0 Å². The molecule has 0 bridgehead atoms. The van der Waals surface area contributed by atoms with Gasteiger partial charge in [0.1, 0.15) is 12.1 Å². The monoisotopic (exact) mass is 177 g/mol. The topological polar surface area (TPSA) is 68.0 Å². The maximum Gasteiger partial charge on any atom is 0.145 e. The zero-order valence-electron chi connectivity index (χ0n) is 7.16. The Kier molecular flexibility index (Phi) is 1.69. The molecule has 1 aliphatic carbocycles. The van der Waals surface area contributed by atoms with Crippen LogP contribution in [0.25, 0.3) is 0 Å². The number of rotatable bonds is 3. The van der Waals surface area contributed by atoms with Crippen molar-refractivity contribution < 1.29 is 4.79 Å². The van der Waals surface area contributed by atoms with Gasteiger partial charge < -0.3 is 15.8 Å². The fourth-order valence-electron chi connectivity index (χ4n) is 1.18. The fourth-order valence-corrected chi connectivity index (χ4v) is 1.18. The van der Waals surface area contributed by atoms with E-state index in [9.17, 15) is 4.79 Å². The Labute approximate surface area is 76.2 Å². The summed E-state index contributed by atoms with van der Waals surface area (Å²) in [7, 11) is 0. The second-order valence-corrected chi connectivity index (χ2v) is 3.37. The summed E-state index contributed by atoms with van der Waals surface area (Å²) in [5, 5.41) is 3.06. The third-order valence-electron chi connectivity index (χ3n) is 2.18. The Bertz CT molecular complexity index is 333. The van der Waals surface area contributed by atoms with Gasteiger partial charge in [-0.1, -0.05) is 0 Å². The summed E-state index contributed by atoms with van der Waals surface area (Å²) >= 11 is 0. The Balaban J connectivity index is 2.14. The molecule has 3 N–H and O–H groups in total. The number of hydrogen-bond donors (Lipinski definition) is 2. The van der Waals surface area contributed by atoms with Gasteiger partial charge in [0.25, 0.3) is 0 Å². The van der Waals surface area contributed by atoms with Gasteiger partial charge in [-0.3, -0.25) is 0 Å². The van der Waals surface area contributed by atoms with E-state index in [0.29, 0.717) is 11.5 Å². The van der Waals surface area contributed by atoms with Gasteiger partial charge in [-0.15, -0.1) is 0 Å². The van der Waals surface area contributed by atoms with Crippen LogP contribution in [0.3, 0.4) is 0 Å². The van der Waals surface area contributed by atoms with E-state index in [1.165, 1.54) is 0 Å². The molecular weight excluding hydrogens is 166 g/mol. The van der Waals surface area contributed by atoms with Crippen LogP contribution in [0.5, 0.6) is 0 Å². The summed E-state index contributed by atoms with van der Waals surface area (Å²) in [6.45, 7) is 0. The third-order valence-corrected chi connectivity index (χ3v) is 2.18. The number of aldehydes is 1. The number of anilines is 2. The lowest BCUT2D eigenvalue weighted by Gasteiger charge is -2.10. The molecule has 0 amide bonds. The minimum absolute atomic E-state index is 0.360. The molecule has 0 unspecified atom stereocenters. The Hall–Kier alpha value is -1.58. The number of nitrogens with two attached hydrogens (primary N) is 1. The molecule has 0 aliphatic heterocycles. The van der Waals surface area contributed by atoms with Crippen LogP contribution in [0.1, 0.15) is 12.8 Å². The largest absolute Gasteiger partial charge is 0.399 e. The summed E-state index contributed by atoms with van der Waals surface area (Å²) in [5.74, 6) is 0.671. The van der Waals surface area contributed by atoms with Crippen LogP contribution in [0.2, 0.25) is 0 Å². The van der Waals surface area contributed by atoms with Crippen molar-refractivity contribution in [2.24, 2.45) is 0 Å². The second-order valence-electron chi connectivity index (χ2n) is 3.37.